The van der Waals surface area contributed by atoms with E-state index in [2.05, 4.69) is 27.4 Å². The van der Waals surface area contributed by atoms with Gasteiger partial charge in [0.2, 0.25) is 0 Å². The van der Waals surface area contributed by atoms with Gasteiger partial charge in [0, 0.05) is 0 Å². The van der Waals surface area contributed by atoms with Gasteiger partial charge in [0.1, 0.15) is 0 Å². The molecule has 0 aromatic rings. The molecular formula is C24H40. The second kappa shape index (κ2) is 6.17. The molecule has 0 spiro atoms. The smallest absolute Gasteiger partial charge is 0.0260 e. The third kappa shape index (κ3) is 2.45. The first-order valence-electron chi connectivity index (χ1n) is 11.2. The van der Waals surface area contributed by atoms with Gasteiger partial charge in [-0.2, -0.15) is 0 Å². The molecule has 0 saturated heterocycles. The van der Waals surface area contributed by atoms with Crippen molar-refractivity contribution in [2.45, 2.75) is 97.8 Å². The van der Waals surface area contributed by atoms with Crippen LogP contribution in [0, 0.1) is 40.4 Å². The number of fused-ring (bicyclic) bond motifs is 5. The second-order valence-electron chi connectivity index (χ2n) is 10.6. The molecule has 0 heteroatoms. The molecule has 0 aromatic heterocycles. The Morgan fingerprint density at radius 1 is 0.958 bits per heavy atom. The van der Waals surface area contributed by atoms with Crippen LogP contribution in [0.15, 0.2) is 12.2 Å². The Balaban J connectivity index is 1.55. The number of unbranched alkanes of at least 4 members (excludes halogenated alkanes) is 1. The first kappa shape index (κ1) is 17.2. The monoisotopic (exact) mass is 328 g/mol. The molecule has 4 rings (SSSR count). The van der Waals surface area contributed by atoms with Crippen molar-refractivity contribution in [1.82, 2.24) is 0 Å². The molecule has 24 heavy (non-hydrogen) atoms. The molecule has 0 aromatic carbocycles. The third-order valence-electron chi connectivity index (χ3n) is 9.72. The lowest BCUT2D eigenvalue weighted by atomic mass is 9.44. The van der Waals surface area contributed by atoms with Crippen molar-refractivity contribution in [1.29, 1.82) is 0 Å². The highest BCUT2D eigenvalue weighted by Crippen LogP contribution is 2.68. The minimum atomic E-state index is 0.646. The second-order valence-corrected chi connectivity index (χ2v) is 10.6. The summed E-state index contributed by atoms with van der Waals surface area (Å²) in [4.78, 5) is 0. The number of hydrogen-bond donors (Lipinski definition) is 0. The average Bonchev–Trinajstić information content (AvgIpc) is 2.90. The van der Waals surface area contributed by atoms with Crippen molar-refractivity contribution in [3.63, 3.8) is 0 Å². The summed E-state index contributed by atoms with van der Waals surface area (Å²) in [6.45, 7) is 12.1. The van der Waals surface area contributed by atoms with Crippen LogP contribution in [-0.4, -0.2) is 0 Å². The Labute approximate surface area is 150 Å². The van der Waals surface area contributed by atoms with Crippen LogP contribution in [-0.2, 0) is 0 Å². The quantitative estimate of drug-likeness (QED) is 0.474. The van der Waals surface area contributed by atoms with E-state index in [4.69, 9.17) is 0 Å². The first-order chi connectivity index (χ1) is 11.5. The fourth-order valence-corrected chi connectivity index (χ4v) is 8.19. The Hall–Kier alpha value is -0.260. The van der Waals surface area contributed by atoms with Crippen molar-refractivity contribution < 1.29 is 0 Å². The molecule has 0 bridgehead atoms. The van der Waals surface area contributed by atoms with Gasteiger partial charge in [0.25, 0.3) is 0 Å². The molecule has 7 atom stereocenters. The summed E-state index contributed by atoms with van der Waals surface area (Å²) in [6, 6.07) is 0. The fourth-order valence-electron chi connectivity index (χ4n) is 8.19. The van der Waals surface area contributed by atoms with Crippen LogP contribution in [0.3, 0.4) is 0 Å². The van der Waals surface area contributed by atoms with Crippen molar-refractivity contribution in [3.05, 3.63) is 12.2 Å². The molecule has 0 N–H and O–H groups in total. The lowest BCUT2D eigenvalue weighted by Crippen LogP contribution is -2.52. The van der Waals surface area contributed by atoms with Gasteiger partial charge in [-0.25, -0.2) is 0 Å². The molecule has 7 unspecified atom stereocenters. The van der Waals surface area contributed by atoms with E-state index in [0.717, 1.165) is 29.6 Å². The predicted octanol–water partition coefficient (Wildman–Crippen LogP) is 7.39. The highest BCUT2D eigenvalue weighted by Gasteiger charge is 2.59. The van der Waals surface area contributed by atoms with Gasteiger partial charge < -0.3 is 0 Å². The first-order valence-corrected chi connectivity index (χ1v) is 11.2. The van der Waals surface area contributed by atoms with Gasteiger partial charge >= 0.3 is 0 Å². The number of allylic oxidation sites excluding steroid dienone is 1. The van der Waals surface area contributed by atoms with Crippen LogP contribution in [0.1, 0.15) is 97.8 Å². The maximum atomic E-state index is 4.34. The molecule has 4 aliphatic carbocycles. The fraction of sp³-hybridized carbons (Fsp3) is 0.917. The van der Waals surface area contributed by atoms with E-state index in [-0.39, 0.29) is 0 Å². The number of hydrogen-bond acceptors (Lipinski definition) is 0. The van der Waals surface area contributed by atoms with Gasteiger partial charge in [-0.05, 0) is 105 Å². The minimum absolute atomic E-state index is 0.646. The van der Waals surface area contributed by atoms with Crippen molar-refractivity contribution in [2.75, 3.05) is 0 Å². The van der Waals surface area contributed by atoms with Crippen molar-refractivity contribution >= 4 is 0 Å². The Bertz CT molecular complexity index is 490. The van der Waals surface area contributed by atoms with E-state index < -0.39 is 0 Å². The topological polar surface area (TPSA) is 0 Å². The van der Waals surface area contributed by atoms with Gasteiger partial charge in [0.05, 0.1) is 0 Å². The Kier molecular flexibility index (Phi) is 4.41. The van der Waals surface area contributed by atoms with Crippen LogP contribution >= 0.6 is 0 Å². The summed E-state index contributed by atoms with van der Waals surface area (Å²) in [7, 11) is 0. The molecule has 136 valence electrons. The van der Waals surface area contributed by atoms with Crippen LogP contribution in [0.25, 0.3) is 0 Å². The predicted molar refractivity (Wildman–Crippen MR) is 104 cm³/mol. The lowest BCUT2D eigenvalue weighted by Gasteiger charge is -2.60. The van der Waals surface area contributed by atoms with Gasteiger partial charge in [0.15, 0.2) is 0 Å². The summed E-state index contributed by atoms with van der Waals surface area (Å²) < 4.78 is 0. The molecule has 0 radical (unpaired) electrons. The lowest BCUT2D eigenvalue weighted by molar-refractivity contribution is -0.105. The summed E-state index contributed by atoms with van der Waals surface area (Å²) in [5, 5.41) is 0. The zero-order chi connectivity index (χ0) is 16.9. The summed E-state index contributed by atoms with van der Waals surface area (Å²) >= 11 is 0. The maximum absolute atomic E-state index is 4.34. The van der Waals surface area contributed by atoms with E-state index in [1.54, 1.807) is 31.3 Å². The van der Waals surface area contributed by atoms with Crippen LogP contribution in [0.5, 0.6) is 0 Å². The van der Waals surface area contributed by atoms with Gasteiger partial charge in [-0.1, -0.05) is 45.8 Å². The van der Waals surface area contributed by atoms with Crippen molar-refractivity contribution in [2.24, 2.45) is 40.4 Å². The third-order valence-corrected chi connectivity index (χ3v) is 9.72. The summed E-state index contributed by atoms with van der Waals surface area (Å²) in [6.07, 6.45) is 17.7. The van der Waals surface area contributed by atoms with Crippen molar-refractivity contribution in [3.8, 4) is 0 Å². The summed E-state index contributed by atoms with van der Waals surface area (Å²) in [5.41, 5.74) is 2.89. The standard InChI is InChI=1S/C24H40/c1-5-6-7-18-9-11-21-20-10-8-19-16-17(2)12-14-24(19,4)22(20)13-15-23(18,21)3/h18-22H,2,5-16H2,1,3-4H3. The maximum Gasteiger partial charge on any atom is -0.0260 e. The van der Waals surface area contributed by atoms with Gasteiger partial charge in [-0.15, -0.1) is 0 Å². The van der Waals surface area contributed by atoms with Gasteiger partial charge in [-0.3, -0.25) is 0 Å². The Morgan fingerprint density at radius 3 is 2.54 bits per heavy atom. The highest BCUT2D eigenvalue weighted by atomic mass is 14.6. The van der Waals surface area contributed by atoms with E-state index in [0.29, 0.717) is 10.8 Å². The minimum Gasteiger partial charge on any atom is -0.0999 e. The molecule has 4 fully saturated rings. The highest BCUT2D eigenvalue weighted by molar-refractivity contribution is 5.13. The van der Waals surface area contributed by atoms with Crippen LogP contribution < -0.4 is 0 Å². The van der Waals surface area contributed by atoms with E-state index in [1.807, 2.05) is 0 Å². The zero-order valence-corrected chi connectivity index (χ0v) is 16.6. The zero-order valence-electron chi connectivity index (χ0n) is 16.6. The molecule has 4 saturated carbocycles. The van der Waals surface area contributed by atoms with E-state index >= 15 is 0 Å². The summed E-state index contributed by atoms with van der Waals surface area (Å²) in [5.74, 6) is 5.15. The molecule has 0 amide bonds. The van der Waals surface area contributed by atoms with E-state index in [1.165, 1.54) is 51.4 Å². The molecule has 4 aliphatic rings. The largest absolute Gasteiger partial charge is 0.0999 e. The Morgan fingerprint density at radius 2 is 1.75 bits per heavy atom. The average molecular weight is 329 g/mol. The molecule has 0 nitrogen and oxygen atoms in total. The SMILES string of the molecule is C=C1CCC2(C)C(CCC3C4CCC(CCCC)C4(C)CCC32)C1. The van der Waals surface area contributed by atoms with Crippen LogP contribution in [0.2, 0.25) is 0 Å². The molecule has 0 aliphatic heterocycles. The normalized spacial score (nSPS) is 51.0. The molecule has 0 heterocycles. The van der Waals surface area contributed by atoms with Crippen LogP contribution in [0.4, 0.5) is 0 Å². The van der Waals surface area contributed by atoms with E-state index in [9.17, 15) is 0 Å². The molecular weight excluding hydrogens is 288 g/mol. The number of rotatable bonds is 3.